The number of nitrogens with zero attached hydrogens (tertiary/aromatic N) is 2. The van der Waals surface area contributed by atoms with Gasteiger partial charge in [0.2, 0.25) is 11.8 Å². The molecule has 3 saturated heterocycles. The molecule has 0 radical (unpaired) electrons. The number of hydrogen-bond donors (Lipinski definition) is 3. The van der Waals surface area contributed by atoms with Crippen LogP contribution in [0.4, 0.5) is 8.78 Å². The molecule has 10 heteroatoms. The number of carbonyl (C=O) groups is 3. The number of rotatable bonds is 6. The second-order valence-electron chi connectivity index (χ2n) is 9.60. The van der Waals surface area contributed by atoms with Crippen LogP contribution >= 0.6 is 0 Å². The smallest absolute Gasteiger partial charge is 0.259 e. The van der Waals surface area contributed by atoms with Gasteiger partial charge < -0.3 is 20.6 Å². The minimum Gasteiger partial charge on any atom is -0.376 e. The third kappa shape index (κ3) is 4.25. The van der Waals surface area contributed by atoms with Crippen LogP contribution in [0, 0.1) is 23.2 Å². The molecule has 3 N–H and O–H groups in total. The van der Waals surface area contributed by atoms with Crippen LogP contribution in [0.5, 0.6) is 0 Å². The molecule has 6 atom stereocenters. The van der Waals surface area contributed by atoms with E-state index in [1.54, 1.807) is 30.3 Å². The van der Waals surface area contributed by atoms with Gasteiger partial charge in [-0.2, -0.15) is 5.26 Å². The van der Waals surface area contributed by atoms with Gasteiger partial charge in [0.05, 0.1) is 12.0 Å². The van der Waals surface area contributed by atoms with Crippen LogP contribution in [-0.4, -0.2) is 58.3 Å². The van der Waals surface area contributed by atoms with Crippen molar-refractivity contribution in [1.82, 2.24) is 15.5 Å². The Morgan fingerprint density at radius 1 is 1.32 bits per heavy atom. The Morgan fingerprint density at radius 3 is 2.62 bits per heavy atom. The van der Waals surface area contributed by atoms with Gasteiger partial charge in [0.15, 0.2) is 5.60 Å². The van der Waals surface area contributed by atoms with Gasteiger partial charge in [0, 0.05) is 24.9 Å². The Bertz CT molecular complexity index is 1010. The van der Waals surface area contributed by atoms with E-state index in [1.165, 1.54) is 6.92 Å². The fourth-order valence-corrected chi connectivity index (χ4v) is 5.49. The summed E-state index contributed by atoms with van der Waals surface area (Å²) in [6.45, 7) is 1.77. The van der Waals surface area contributed by atoms with E-state index < -0.39 is 59.7 Å². The largest absolute Gasteiger partial charge is 0.376 e. The third-order valence-corrected chi connectivity index (χ3v) is 7.35. The summed E-state index contributed by atoms with van der Waals surface area (Å²) < 4.78 is 29.7. The van der Waals surface area contributed by atoms with E-state index in [2.05, 4.69) is 10.6 Å². The maximum absolute atomic E-state index is 14.9. The highest BCUT2D eigenvalue weighted by atomic mass is 19.3. The number of halogens is 2. The average Bonchev–Trinajstić information content (AvgIpc) is 3.21. The maximum Gasteiger partial charge on any atom is 0.259 e. The molecule has 2 bridgehead atoms. The van der Waals surface area contributed by atoms with Crippen molar-refractivity contribution in [2.24, 2.45) is 11.8 Å². The minimum absolute atomic E-state index is 0.0509. The molecule has 3 heterocycles. The Morgan fingerprint density at radius 2 is 2.03 bits per heavy atom. The number of aliphatic hydroxyl groups is 1. The Hall–Kier alpha value is -3.06. The lowest BCUT2D eigenvalue weighted by atomic mass is 9.70. The highest BCUT2D eigenvalue weighted by molar-refractivity contribution is 5.93. The second-order valence-corrected chi connectivity index (χ2v) is 9.60. The van der Waals surface area contributed by atoms with Crippen LogP contribution in [0.1, 0.15) is 44.6 Å². The highest BCUT2D eigenvalue weighted by Gasteiger charge is 2.62. The molecule has 5 rings (SSSR count). The van der Waals surface area contributed by atoms with Crippen molar-refractivity contribution in [2.75, 3.05) is 6.54 Å². The first-order valence-corrected chi connectivity index (χ1v) is 11.5. The van der Waals surface area contributed by atoms with Crippen molar-refractivity contribution in [1.29, 1.82) is 5.26 Å². The molecule has 3 aliphatic heterocycles. The van der Waals surface area contributed by atoms with Gasteiger partial charge in [0.1, 0.15) is 12.1 Å². The second kappa shape index (κ2) is 8.95. The van der Waals surface area contributed by atoms with Crippen LogP contribution in [0.2, 0.25) is 0 Å². The summed E-state index contributed by atoms with van der Waals surface area (Å²) >= 11 is 0. The summed E-state index contributed by atoms with van der Waals surface area (Å²) in [7, 11) is 0. The number of benzene rings is 1. The van der Waals surface area contributed by atoms with Crippen molar-refractivity contribution in [3.8, 4) is 6.07 Å². The van der Waals surface area contributed by atoms with Gasteiger partial charge in [-0.25, -0.2) is 8.78 Å². The number of hydrogen-bond acceptors (Lipinski definition) is 5. The molecule has 1 aromatic carbocycles. The quantitative estimate of drug-likeness (QED) is 0.576. The number of nitriles is 1. The molecule has 0 unspecified atom stereocenters. The summed E-state index contributed by atoms with van der Waals surface area (Å²) in [5.74, 6) is -6.95. The van der Waals surface area contributed by atoms with Crippen molar-refractivity contribution >= 4 is 17.7 Å². The van der Waals surface area contributed by atoms with E-state index in [0.29, 0.717) is 19.4 Å². The zero-order valence-electron chi connectivity index (χ0n) is 18.8. The first kappa shape index (κ1) is 24.1. The maximum atomic E-state index is 14.9. The zero-order valence-corrected chi connectivity index (χ0v) is 18.8. The first-order chi connectivity index (χ1) is 16.1. The fourth-order valence-electron chi connectivity index (χ4n) is 5.49. The fraction of sp³-hybridized carbons (Fsp3) is 0.583. The number of alkyl halides is 2. The molecule has 8 nitrogen and oxygen atoms in total. The van der Waals surface area contributed by atoms with Crippen LogP contribution < -0.4 is 10.6 Å². The molecular weight excluding hydrogens is 446 g/mol. The SMILES string of the molecule is C[C@@](O)(C(=O)N1[C@H]2CC[C@@H]([C@@H]1C(=O)N[C@H](C#N)C[C@H]1CCNC1=O)C(F)(F)C2)c1ccccc1. The van der Waals surface area contributed by atoms with Crippen molar-refractivity contribution in [3.63, 3.8) is 0 Å². The summed E-state index contributed by atoms with van der Waals surface area (Å²) in [6, 6.07) is 6.55. The summed E-state index contributed by atoms with van der Waals surface area (Å²) in [5, 5.41) is 25.8. The molecule has 4 fully saturated rings. The van der Waals surface area contributed by atoms with Gasteiger partial charge in [-0.1, -0.05) is 30.3 Å². The number of nitrogens with one attached hydrogen (secondary N) is 2. The van der Waals surface area contributed by atoms with E-state index in [9.17, 15) is 33.5 Å². The normalized spacial score (nSPS) is 30.1. The first-order valence-electron chi connectivity index (χ1n) is 11.5. The standard InChI is InChI=1S/C24H28F2N4O4/c1-23(34,15-5-3-2-4-6-15)22(33)30-17-7-8-18(24(25,26)12-17)19(30)21(32)29-16(13-27)11-14-9-10-28-20(14)31/h2-6,14,16-19,34H,7-12H2,1H3,(H,28,31)(H,29,32)/t14-,16+,17+,18+,19-,23+/m1/s1. The zero-order chi connectivity index (χ0) is 24.7. The molecule has 1 aromatic rings. The Balaban J connectivity index is 1.60. The van der Waals surface area contributed by atoms with Gasteiger partial charge >= 0.3 is 0 Å². The van der Waals surface area contributed by atoms with Gasteiger partial charge in [0.25, 0.3) is 11.8 Å². The number of carbonyl (C=O) groups excluding carboxylic acids is 3. The molecule has 0 spiro atoms. The van der Waals surface area contributed by atoms with Gasteiger partial charge in [-0.3, -0.25) is 14.4 Å². The molecule has 4 aliphatic rings. The molecule has 0 aromatic heterocycles. The summed E-state index contributed by atoms with van der Waals surface area (Å²) in [6.07, 6.45) is 0.340. The lowest BCUT2D eigenvalue weighted by molar-refractivity contribution is -0.203. The predicted molar refractivity (Wildman–Crippen MR) is 116 cm³/mol. The van der Waals surface area contributed by atoms with Crippen molar-refractivity contribution < 1.29 is 28.3 Å². The summed E-state index contributed by atoms with van der Waals surface area (Å²) in [5.41, 5.74) is -1.74. The van der Waals surface area contributed by atoms with Crippen LogP contribution in [0.3, 0.4) is 0 Å². The van der Waals surface area contributed by atoms with Crippen LogP contribution in [0.15, 0.2) is 30.3 Å². The van der Waals surface area contributed by atoms with E-state index in [-0.39, 0.29) is 24.3 Å². The molecule has 1 saturated carbocycles. The minimum atomic E-state index is -3.16. The molecule has 3 amide bonds. The number of amides is 3. The number of fused-ring (bicyclic) bond motifs is 3. The van der Waals surface area contributed by atoms with Crippen molar-refractivity contribution in [2.45, 2.75) is 68.7 Å². The Kier molecular flexibility index (Phi) is 6.34. The number of piperidine rings is 2. The van der Waals surface area contributed by atoms with Crippen LogP contribution in [0.25, 0.3) is 0 Å². The van der Waals surface area contributed by atoms with Gasteiger partial charge in [-0.15, -0.1) is 0 Å². The van der Waals surface area contributed by atoms with Crippen molar-refractivity contribution in [3.05, 3.63) is 35.9 Å². The average molecular weight is 475 g/mol. The molecule has 34 heavy (non-hydrogen) atoms. The lowest BCUT2D eigenvalue weighted by Gasteiger charge is -2.54. The topological polar surface area (TPSA) is 123 Å². The highest BCUT2D eigenvalue weighted by Crippen LogP contribution is 2.50. The summed E-state index contributed by atoms with van der Waals surface area (Å²) in [4.78, 5) is 39.8. The monoisotopic (exact) mass is 474 g/mol. The van der Waals surface area contributed by atoms with Gasteiger partial charge in [-0.05, 0) is 38.2 Å². The lowest BCUT2D eigenvalue weighted by Crippen LogP contribution is -2.70. The van der Waals surface area contributed by atoms with E-state index >= 15 is 0 Å². The molecule has 1 aliphatic carbocycles. The third-order valence-electron chi connectivity index (χ3n) is 7.35. The molecular formula is C24H28F2N4O4. The van der Waals surface area contributed by atoms with E-state index in [1.807, 2.05) is 6.07 Å². The molecule has 182 valence electrons. The Labute approximate surface area is 196 Å². The van der Waals surface area contributed by atoms with E-state index in [4.69, 9.17) is 0 Å². The van der Waals surface area contributed by atoms with Crippen LogP contribution in [-0.2, 0) is 20.0 Å². The van der Waals surface area contributed by atoms with E-state index in [0.717, 1.165) is 4.90 Å². The predicted octanol–water partition coefficient (Wildman–Crippen LogP) is 1.44.